The molecular weight excluding hydrogens is 445 g/mol. The number of nitrogens with one attached hydrogen (secondary N) is 1. The van der Waals surface area contributed by atoms with Gasteiger partial charge in [-0.25, -0.2) is 19.2 Å². The molecule has 1 aromatic carbocycles. The molecule has 0 radical (unpaired) electrons. The first kappa shape index (κ1) is 23.5. The lowest BCUT2D eigenvalue weighted by atomic mass is 10.1. The number of benzene rings is 1. The highest BCUT2D eigenvalue weighted by Gasteiger charge is 2.32. The highest BCUT2D eigenvalue weighted by molar-refractivity contribution is 5.71. The molecule has 34 heavy (non-hydrogen) atoms. The van der Waals surface area contributed by atoms with E-state index in [0.29, 0.717) is 64.4 Å². The van der Waals surface area contributed by atoms with Crippen LogP contribution in [-0.4, -0.2) is 77.8 Å². The van der Waals surface area contributed by atoms with Crippen molar-refractivity contribution in [1.29, 1.82) is 0 Å². The number of hydrogen-bond acceptors (Lipinski definition) is 9. The Morgan fingerprint density at radius 2 is 1.82 bits per heavy atom. The number of para-hydroxylation sites is 1. The molecule has 1 aromatic heterocycles. The van der Waals surface area contributed by atoms with Gasteiger partial charge in [-0.05, 0) is 31.9 Å². The lowest BCUT2D eigenvalue weighted by Crippen LogP contribution is -2.47. The van der Waals surface area contributed by atoms with Crippen molar-refractivity contribution in [2.75, 3.05) is 61.0 Å². The van der Waals surface area contributed by atoms with Crippen molar-refractivity contribution in [3.63, 3.8) is 0 Å². The Bertz CT molecular complexity index is 1020. The fourth-order valence-corrected chi connectivity index (χ4v) is 4.36. The van der Waals surface area contributed by atoms with Gasteiger partial charge in [-0.3, -0.25) is 10.1 Å². The van der Waals surface area contributed by atoms with Crippen molar-refractivity contribution >= 4 is 29.1 Å². The maximum atomic E-state index is 14.1. The number of likely N-dealkylation sites (tertiary alicyclic amines) is 1. The summed E-state index contributed by atoms with van der Waals surface area (Å²) in [4.78, 5) is 37.2. The second kappa shape index (κ2) is 10.5. The highest BCUT2D eigenvalue weighted by Crippen LogP contribution is 2.34. The molecule has 0 aliphatic carbocycles. The van der Waals surface area contributed by atoms with Crippen molar-refractivity contribution in [1.82, 2.24) is 14.9 Å². The Morgan fingerprint density at radius 1 is 1.15 bits per heavy atom. The van der Waals surface area contributed by atoms with Gasteiger partial charge < -0.3 is 24.8 Å². The minimum atomic E-state index is -0.464. The number of nitro groups is 1. The molecule has 0 bridgehead atoms. The molecule has 3 heterocycles. The van der Waals surface area contributed by atoms with Gasteiger partial charge in [-0.2, -0.15) is 0 Å². The van der Waals surface area contributed by atoms with E-state index in [4.69, 9.17) is 4.74 Å². The minimum absolute atomic E-state index is 0.0648. The maximum absolute atomic E-state index is 14.1. The Balaban J connectivity index is 1.44. The third kappa shape index (κ3) is 5.10. The fourth-order valence-electron chi connectivity index (χ4n) is 4.36. The summed E-state index contributed by atoms with van der Waals surface area (Å²) in [6.45, 7) is 5.03. The zero-order chi connectivity index (χ0) is 24.1. The lowest BCUT2D eigenvalue weighted by molar-refractivity contribution is -0.383. The van der Waals surface area contributed by atoms with Crippen LogP contribution in [0, 0.1) is 15.9 Å². The molecule has 0 unspecified atom stereocenters. The van der Waals surface area contributed by atoms with Crippen molar-refractivity contribution in [2.24, 2.45) is 0 Å². The molecule has 4 rings (SSSR count). The number of piperazine rings is 1. The average Bonchev–Trinajstić information content (AvgIpc) is 2.85. The molecule has 2 fully saturated rings. The Morgan fingerprint density at radius 3 is 2.47 bits per heavy atom. The van der Waals surface area contributed by atoms with Gasteiger partial charge in [0.05, 0.1) is 17.2 Å². The first-order chi connectivity index (χ1) is 16.5. The van der Waals surface area contributed by atoms with E-state index < -0.39 is 4.92 Å². The Kier molecular flexibility index (Phi) is 7.24. The number of ether oxygens (including phenoxy) is 1. The number of amides is 1. The Hall–Kier alpha value is -3.70. The molecule has 2 aliphatic rings. The van der Waals surface area contributed by atoms with Gasteiger partial charge in [0.25, 0.3) is 0 Å². The van der Waals surface area contributed by atoms with Crippen LogP contribution in [0.25, 0.3) is 0 Å². The minimum Gasteiger partial charge on any atom is -0.450 e. The van der Waals surface area contributed by atoms with E-state index in [0.717, 1.165) is 0 Å². The van der Waals surface area contributed by atoms with Gasteiger partial charge in [-0.15, -0.1) is 0 Å². The zero-order valence-corrected chi connectivity index (χ0v) is 19.0. The second-order valence-corrected chi connectivity index (χ2v) is 8.18. The van der Waals surface area contributed by atoms with E-state index in [2.05, 4.69) is 15.3 Å². The number of hydrogen-bond donors (Lipinski definition) is 1. The van der Waals surface area contributed by atoms with E-state index in [1.54, 1.807) is 30.0 Å². The Labute approximate surface area is 196 Å². The van der Waals surface area contributed by atoms with Crippen molar-refractivity contribution in [3.8, 4) is 0 Å². The summed E-state index contributed by atoms with van der Waals surface area (Å²) >= 11 is 0. The smallest absolute Gasteiger partial charge is 0.409 e. The third-order valence-electron chi connectivity index (χ3n) is 6.12. The summed E-state index contributed by atoms with van der Waals surface area (Å²) in [7, 11) is 0. The van der Waals surface area contributed by atoms with Crippen molar-refractivity contribution in [2.45, 2.75) is 25.8 Å². The molecule has 182 valence electrons. The number of carbonyl (C=O) groups excluding carboxylic acids is 1. The predicted molar refractivity (Wildman–Crippen MR) is 125 cm³/mol. The standard InChI is InChI=1S/C22H28FN7O4/c1-2-34-22(31)29-9-7-16(8-10-29)26-20-19(30(32)33)21(25-15-24-20)28-13-11-27(12-14-28)18-6-4-3-5-17(18)23/h3-6,15-16H,2,7-14H2,1H3,(H,24,25,26). The van der Waals surface area contributed by atoms with Crippen LogP contribution in [0.1, 0.15) is 19.8 Å². The van der Waals surface area contributed by atoms with Crippen LogP contribution in [-0.2, 0) is 4.74 Å². The predicted octanol–water partition coefficient (Wildman–Crippen LogP) is 2.88. The van der Waals surface area contributed by atoms with Crippen LogP contribution in [0.15, 0.2) is 30.6 Å². The van der Waals surface area contributed by atoms with Gasteiger partial charge >= 0.3 is 11.8 Å². The number of anilines is 3. The first-order valence-electron chi connectivity index (χ1n) is 11.4. The summed E-state index contributed by atoms with van der Waals surface area (Å²) in [5.41, 5.74) is 0.352. The first-order valence-corrected chi connectivity index (χ1v) is 11.4. The normalized spacial score (nSPS) is 16.9. The number of nitrogens with zero attached hydrogens (tertiary/aromatic N) is 6. The molecule has 0 saturated carbocycles. The highest BCUT2D eigenvalue weighted by atomic mass is 19.1. The molecular formula is C22H28FN7O4. The van der Waals surface area contributed by atoms with Crippen molar-refractivity contribution in [3.05, 3.63) is 46.5 Å². The second-order valence-electron chi connectivity index (χ2n) is 8.18. The molecule has 1 amide bonds. The number of halogens is 1. The summed E-state index contributed by atoms with van der Waals surface area (Å²) in [6.07, 6.45) is 2.22. The molecule has 1 N–H and O–H groups in total. The van der Waals surface area contributed by atoms with Gasteiger partial charge in [0.2, 0.25) is 11.6 Å². The van der Waals surface area contributed by atoms with E-state index in [1.807, 2.05) is 9.80 Å². The lowest BCUT2D eigenvalue weighted by Gasteiger charge is -2.36. The van der Waals surface area contributed by atoms with E-state index in [1.165, 1.54) is 12.4 Å². The van der Waals surface area contributed by atoms with Gasteiger partial charge in [0.1, 0.15) is 12.1 Å². The van der Waals surface area contributed by atoms with Crippen LogP contribution in [0.4, 0.5) is 32.2 Å². The zero-order valence-electron chi connectivity index (χ0n) is 19.0. The van der Waals surface area contributed by atoms with Crippen LogP contribution >= 0.6 is 0 Å². The summed E-state index contributed by atoms with van der Waals surface area (Å²) in [5.74, 6) is 0.130. The van der Waals surface area contributed by atoms with Crippen molar-refractivity contribution < 1.29 is 18.8 Å². The largest absolute Gasteiger partial charge is 0.450 e. The van der Waals surface area contributed by atoms with E-state index in [9.17, 15) is 19.3 Å². The van der Waals surface area contributed by atoms with Crippen LogP contribution in [0.3, 0.4) is 0 Å². The molecule has 2 aromatic rings. The summed E-state index contributed by atoms with van der Waals surface area (Å²) in [6, 6.07) is 6.52. The van der Waals surface area contributed by atoms with E-state index in [-0.39, 0.29) is 35.3 Å². The van der Waals surface area contributed by atoms with Gasteiger partial charge in [0, 0.05) is 45.3 Å². The van der Waals surface area contributed by atoms with E-state index >= 15 is 0 Å². The SMILES string of the molecule is CCOC(=O)N1CCC(Nc2ncnc(N3CCN(c4ccccc4F)CC3)c2[N+](=O)[O-])CC1. The monoisotopic (exact) mass is 473 g/mol. The number of aromatic nitrogens is 2. The topological polar surface area (TPSA) is 117 Å². The van der Waals surface area contributed by atoms with Crippen LogP contribution in [0.2, 0.25) is 0 Å². The number of carbonyl (C=O) groups is 1. The number of rotatable bonds is 6. The molecule has 2 aliphatic heterocycles. The van der Waals surface area contributed by atoms with Gasteiger partial charge in [-0.1, -0.05) is 12.1 Å². The quantitative estimate of drug-likeness (QED) is 0.499. The molecule has 12 heteroatoms. The number of piperidine rings is 1. The maximum Gasteiger partial charge on any atom is 0.409 e. The van der Waals surface area contributed by atoms with Crippen LogP contribution in [0.5, 0.6) is 0 Å². The molecule has 0 spiro atoms. The third-order valence-corrected chi connectivity index (χ3v) is 6.12. The van der Waals surface area contributed by atoms with Crippen LogP contribution < -0.4 is 15.1 Å². The average molecular weight is 474 g/mol. The molecule has 2 saturated heterocycles. The molecule has 0 atom stereocenters. The fraction of sp³-hybridized carbons (Fsp3) is 0.500. The molecule has 11 nitrogen and oxygen atoms in total. The van der Waals surface area contributed by atoms with Gasteiger partial charge in [0.15, 0.2) is 0 Å². The summed E-state index contributed by atoms with van der Waals surface area (Å²) in [5, 5.41) is 15.2. The summed E-state index contributed by atoms with van der Waals surface area (Å²) < 4.78 is 19.2.